The van der Waals surface area contributed by atoms with E-state index < -0.39 is 6.04 Å². The number of halogens is 1. The number of ether oxygens (including phenoxy) is 1. The Morgan fingerprint density at radius 3 is 2.69 bits per heavy atom. The number of benzene rings is 1. The number of carbonyl (C=O) groups is 2. The Morgan fingerprint density at radius 1 is 1.24 bits per heavy atom. The van der Waals surface area contributed by atoms with Gasteiger partial charge < -0.3 is 25.2 Å². The van der Waals surface area contributed by atoms with E-state index in [-0.39, 0.29) is 18.4 Å². The number of hydrogen-bond acceptors (Lipinski definition) is 4. The minimum atomic E-state index is -0.464. The first-order valence-electron chi connectivity index (χ1n) is 9.95. The Kier molecular flexibility index (Phi) is 7.55. The van der Waals surface area contributed by atoms with Gasteiger partial charge in [0.2, 0.25) is 11.8 Å². The topological polar surface area (TPSA) is 73.9 Å². The molecule has 2 N–H and O–H groups in total. The molecule has 158 valence electrons. The molecule has 0 aliphatic carbocycles. The van der Waals surface area contributed by atoms with Crippen LogP contribution in [0.3, 0.4) is 0 Å². The van der Waals surface area contributed by atoms with Crippen LogP contribution in [-0.4, -0.2) is 66.1 Å². The summed E-state index contributed by atoms with van der Waals surface area (Å²) in [7, 11) is 1.56. The highest BCUT2D eigenvalue weighted by atomic mass is 35.5. The van der Waals surface area contributed by atoms with Gasteiger partial charge in [0.1, 0.15) is 11.8 Å². The van der Waals surface area contributed by atoms with E-state index >= 15 is 0 Å². The van der Waals surface area contributed by atoms with E-state index in [1.807, 2.05) is 4.90 Å². The smallest absolute Gasteiger partial charge is 0.245 e. The highest BCUT2D eigenvalue weighted by Crippen LogP contribution is 2.27. The molecule has 1 aromatic carbocycles. The van der Waals surface area contributed by atoms with E-state index in [4.69, 9.17) is 28.6 Å². The van der Waals surface area contributed by atoms with Crippen molar-refractivity contribution in [2.24, 2.45) is 0 Å². The summed E-state index contributed by atoms with van der Waals surface area (Å²) in [5.74, 6) is 0.543. The first-order valence-corrected chi connectivity index (χ1v) is 10.7. The fourth-order valence-corrected chi connectivity index (χ4v) is 4.14. The normalized spacial score (nSPS) is 19.7. The molecule has 9 heteroatoms. The molecule has 1 atom stereocenters. The molecule has 0 saturated carbocycles. The summed E-state index contributed by atoms with van der Waals surface area (Å²) in [6.07, 6.45) is 4.51. The van der Waals surface area contributed by atoms with Gasteiger partial charge in [-0.25, -0.2) is 0 Å². The Labute approximate surface area is 181 Å². The number of hydrogen-bond donors (Lipinski definition) is 2. The number of anilines is 1. The van der Waals surface area contributed by atoms with Crippen molar-refractivity contribution in [1.29, 1.82) is 0 Å². The van der Waals surface area contributed by atoms with Crippen molar-refractivity contribution in [2.45, 2.75) is 38.1 Å². The summed E-state index contributed by atoms with van der Waals surface area (Å²) in [5.41, 5.74) is 0.625. The zero-order chi connectivity index (χ0) is 20.8. The van der Waals surface area contributed by atoms with Gasteiger partial charge >= 0.3 is 0 Å². The van der Waals surface area contributed by atoms with Crippen LogP contribution in [0.2, 0.25) is 5.02 Å². The van der Waals surface area contributed by atoms with Crippen LogP contribution in [0.15, 0.2) is 18.2 Å². The standard InChI is InChI=1S/C20H27ClN4O3S/c1-28-17-8-7-14(21)12-16(17)23-20(29)22-15-6-2-3-11-25(19(15)27)13-18(26)24-9-4-5-10-24/h7-8,12,15H,2-6,9-11,13H2,1H3,(H2,22,23,29). The van der Waals surface area contributed by atoms with Gasteiger partial charge in [0.05, 0.1) is 19.3 Å². The van der Waals surface area contributed by atoms with E-state index in [0.717, 1.165) is 38.8 Å². The Hall–Kier alpha value is -2.06. The van der Waals surface area contributed by atoms with Crippen molar-refractivity contribution in [1.82, 2.24) is 15.1 Å². The first kappa shape index (κ1) is 21.6. The fourth-order valence-electron chi connectivity index (χ4n) is 3.72. The van der Waals surface area contributed by atoms with Gasteiger partial charge in [-0.2, -0.15) is 0 Å². The van der Waals surface area contributed by atoms with E-state index in [2.05, 4.69) is 10.6 Å². The largest absolute Gasteiger partial charge is 0.495 e. The van der Waals surface area contributed by atoms with Crippen LogP contribution < -0.4 is 15.4 Å². The first-order chi connectivity index (χ1) is 14.0. The molecule has 1 unspecified atom stereocenters. The summed E-state index contributed by atoms with van der Waals surface area (Å²) in [6.45, 7) is 2.31. The van der Waals surface area contributed by atoms with Gasteiger partial charge in [0, 0.05) is 24.7 Å². The lowest BCUT2D eigenvalue weighted by Gasteiger charge is -2.27. The highest BCUT2D eigenvalue weighted by molar-refractivity contribution is 7.80. The molecule has 7 nitrogen and oxygen atoms in total. The second kappa shape index (κ2) is 10.1. The minimum absolute atomic E-state index is 0.0286. The van der Waals surface area contributed by atoms with Crippen LogP contribution in [-0.2, 0) is 9.59 Å². The Balaban J connectivity index is 1.61. The van der Waals surface area contributed by atoms with Gasteiger partial charge in [0.25, 0.3) is 0 Å². The number of amides is 2. The zero-order valence-electron chi connectivity index (χ0n) is 16.6. The van der Waals surface area contributed by atoms with Crippen molar-refractivity contribution in [2.75, 3.05) is 38.6 Å². The minimum Gasteiger partial charge on any atom is -0.495 e. The Bertz CT molecular complexity index is 770. The third-order valence-electron chi connectivity index (χ3n) is 5.28. The molecule has 3 rings (SSSR count). The van der Waals surface area contributed by atoms with E-state index in [1.54, 1.807) is 30.2 Å². The van der Waals surface area contributed by atoms with E-state index in [9.17, 15) is 9.59 Å². The van der Waals surface area contributed by atoms with Crippen molar-refractivity contribution < 1.29 is 14.3 Å². The Morgan fingerprint density at radius 2 is 1.97 bits per heavy atom. The molecule has 2 saturated heterocycles. The number of nitrogens with one attached hydrogen (secondary N) is 2. The predicted octanol–water partition coefficient (Wildman–Crippen LogP) is 2.64. The number of carbonyl (C=O) groups excluding carboxylic acids is 2. The molecular formula is C20H27ClN4O3S. The summed E-state index contributed by atoms with van der Waals surface area (Å²) < 4.78 is 5.32. The number of methoxy groups -OCH3 is 1. The molecule has 0 radical (unpaired) electrons. The molecule has 2 amide bonds. The van der Waals surface area contributed by atoms with Crippen LogP contribution in [0.4, 0.5) is 5.69 Å². The maximum atomic E-state index is 13.0. The van der Waals surface area contributed by atoms with Crippen molar-refractivity contribution in [3.8, 4) is 5.75 Å². The van der Waals surface area contributed by atoms with Gasteiger partial charge in [-0.15, -0.1) is 0 Å². The summed E-state index contributed by atoms with van der Waals surface area (Å²) in [6, 6.07) is 4.72. The summed E-state index contributed by atoms with van der Waals surface area (Å²) in [5, 5.41) is 7.03. The number of likely N-dealkylation sites (tertiary alicyclic amines) is 2. The fraction of sp³-hybridized carbons (Fsp3) is 0.550. The van der Waals surface area contributed by atoms with Crippen LogP contribution in [0.1, 0.15) is 32.1 Å². The third kappa shape index (κ3) is 5.73. The molecule has 2 aliphatic heterocycles. The lowest BCUT2D eigenvalue weighted by molar-refractivity contribution is -0.140. The SMILES string of the molecule is COc1ccc(Cl)cc1NC(=S)NC1CCCCN(CC(=O)N2CCCC2)C1=O. The van der Waals surface area contributed by atoms with Crippen LogP contribution >= 0.6 is 23.8 Å². The molecule has 2 heterocycles. The van der Waals surface area contributed by atoms with Gasteiger partial charge in [-0.05, 0) is 62.5 Å². The van der Waals surface area contributed by atoms with E-state index in [0.29, 0.717) is 34.5 Å². The van der Waals surface area contributed by atoms with E-state index in [1.165, 1.54) is 0 Å². The molecule has 0 bridgehead atoms. The predicted molar refractivity (Wildman–Crippen MR) is 117 cm³/mol. The van der Waals surface area contributed by atoms with Crippen LogP contribution in [0.25, 0.3) is 0 Å². The third-order valence-corrected chi connectivity index (χ3v) is 5.74. The lowest BCUT2D eigenvalue weighted by atomic mass is 10.1. The van der Waals surface area contributed by atoms with Crippen molar-refractivity contribution in [3.05, 3.63) is 23.2 Å². The molecule has 0 spiro atoms. The average molecular weight is 439 g/mol. The molecule has 29 heavy (non-hydrogen) atoms. The lowest BCUT2D eigenvalue weighted by Crippen LogP contribution is -2.51. The van der Waals surface area contributed by atoms with Crippen molar-refractivity contribution >= 4 is 46.4 Å². The molecular weight excluding hydrogens is 412 g/mol. The monoisotopic (exact) mass is 438 g/mol. The highest BCUT2D eigenvalue weighted by Gasteiger charge is 2.30. The van der Waals surface area contributed by atoms with Gasteiger partial charge in [-0.1, -0.05) is 11.6 Å². The van der Waals surface area contributed by atoms with Crippen LogP contribution in [0.5, 0.6) is 5.75 Å². The second-order valence-corrected chi connectivity index (χ2v) is 8.18. The zero-order valence-corrected chi connectivity index (χ0v) is 18.2. The quantitative estimate of drug-likeness (QED) is 0.688. The van der Waals surface area contributed by atoms with Gasteiger partial charge in [0.15, 0.2) is 5.11 Å². The second-order valence-electron chi connectivity index (χ2n) is 7.34. The summed E-state index contributed by atoms with van der Waals surface area (Å²) >= 11 is 11.5. The maximum absolute atomic E-state index is 13.0. The summed E-state index contributed by atoms with van der Waals surface area (Å²) in [4.78, 5) is 29.0. The number of nitrogens with zero attached hydrogens (tertiary/aromatic N) is 2. The van der Waals surface area contributed by atoms with Gasteiger partial charge in [-0.3, -0.25) is 9.59 Å². The number of thiocarbonyl (C=S) groups is 1. The van der Waals surface area contributed by atoms with Crippen LogP contribution in [0, 0.1) is 0 Å². The van der Waals surface area contributed by atoms with Crippen molar-refractivity contribution in [3.63, 3.8) is 0 Å². The molecule has 2 fully saturated rings. The average Bonchev–Trinajstić information content (AvgIpc) is 3.18. The molecule has 1 aromatic rings. The maximum Gasteiger partial charge on any atom is 0.245 e. The molecule has 2 aliphatic rings. The number of rotatable bonds is 5. The molecule has 0 aromatic heterocycles.